The molecule has 2 aliphatic rings. The number of carbonyl (C=O) groups excluding carboxylic acids is 2. The summed E-state index contributed by atoms with van der Waals surface area (Å²) in [7, 11) is 0. The average molecular weight is 470 g/mol. The quantitative estimate of drug-likeness (QED) is 0.607. The Morgan fingerprint density at radius 2 is 1.88 bits per heavy atom. The molecule has 1 aromatic carbocycles. The van der Waals surface area contributed by atoms with Crippen molar-refractivity contribution in [3.05, 3.63) is 52.7 Å². The van der Waals surface area contributed by atoms with Crippen LogP contribution in [-0.4, -0.2) is 60.9 Å². The molecular weight excluding hydrogens is 434 g/mol. The Balaban J connectivity index is 1.17. The van der Waals surface area contributed by atoms with Crippen LogP contribution in [0.5, 0.6) is 5.75 Å². The van der Waals surface area contributed by atoms with Crippen LogP contribution in [0.15, 0.2) is 47.8 Å². The molecule has 2 atom stereocenters. The molecule has 6 nitrogen and oxygen atoms in total. The Labute approximate surface area is 200 Å². The van der Waals surface area contributed by atoms with E-state index in [-0.39, 0.29) is 17.7 Å². The van der Waals surface area contributed by atoms with E-state index in [9.17, 15) is 9.59 Å². The number of hydrogen-bond donors (Lipinski definition) is 1. The van der Waals surface area contributed by atoms with Crippen LogP contribution in [-0.2, 0) is 16.1 Å². The summed E-state index contributed by atoms with van der Waals surface area (Å²) in [4.78, 5) is 31.2. The van der Waals surface area contributed by atoms with Gasteiger partial charge in [-0.15, -0.1) is 11.3 Å². The van der Waals surface area contributed by atoms with Gasteiger partial charge in [0.05, 0.1) is 18.9 Å². The van der Waals surface area contributed by atoms with Crippen LogP contribution in [0.25, 0.3) is 0 Å². The largest absolute Gasteiger partial charge is 0.493 e. The van der Waals surface area contributed by atoms with Gasteiger partial charge < -0.3 is 15.0 Å². The normalized spacial score (nSPS) is 21.5. The van der Waals surface area contributed by atoms with Crippen molar-refractivity contribution >= 4 is 23.2 Å². The highest BCUT2D eigenvalue weighted by molar-refractivity contribution is 7.09. The lowest BCUT2D eigenvalue weighted by molar-refractivity contribution is -0.136. The van der Waals surface area contributed by atoms with E-state index in [0.717, 1.165) is 57.7 Å². The van der Waals surface area contributed by atoms with Crippen LogP contribution in [0.3, 0.4) is 0 Å². The van der Waals surface area contributed by atoms with Gasteiger partial charge in [-0.25, -0.2) is 0 Å². The summed E-state index contributed by atoms with van der Waals surface area (Å²) in [5.74, 6) is 1.34. The van der Waals surface area contributed by atoms with Gasteiger partial charge in [-0.05, 0) is 61.7 Å². The van der Waals surface area contributed by atoms with Gasteiger partial charge in [0.1, 0.15) is 5.75 Å². The van der Waals surface area contributed by atoms with E-state index in [4.69, 9.17) is 4.74 Å². The second kappa shape index (κ2) is 12.2. The Hall–Kier alpha value is -2.38. The minimum Gasteiger partial charge on any atom is -0.493 e. The van der Waals surface area contributed by atoms with Crippen LogP contribution in [0.1, 0.15) is 37.0 Å². The zero-order valence-corrected chi connectivity index (χ0v) is 20.1. The van der Waals surface area contributed by atoms with Crippen molar-refractivity contribution in [2.75, 3.05) is 39.3 Å². The van der Waals surface area contributed by atoms with Crippen LogP contribution < -0.4 is 10.1 Å². The SMILES string of the molecule is O=C(NCC1CCCN(Cc2cccs2)C1)C1CCCN(C(=O)CCOc2ccccc2)C1. The fourth-order valence-corrected chi connectivity index (χ4v) is 5.57. The maximum absolute atomic E-state index is 12.9. The monoisotopic (exact) mass is 469 g/mol. The Morgan fingerprint density at radius 1 is 1.03 bits per heavy atom. The van der Waals surface area contributed by atoms with Crippen molar-refractivity contribution in [2.45, 2.75) is 38.6 Å². The molecule has 2 aliphatic heterocycles. The number of hydrogen-bond acceptors (Lipinski definition) is 5. The summed E-state index contributed by atoms with van der Waals surface area (Å²) in [5.41, 5.74) is 0. The first kappa shape index (κ1) is 23.8. The fourth-order valence-electron chi connectivity index (χ4n) is 4.82. The smallest absolute Gasteiger partial charge is 0.226 e. The molecule has 3 heterocycles. The highest BCUT2D eigenvalue weighted by Gasteiger charge is 2.29. The van der Waals surface area contributed by atoms with Crippen molar-refractivity contribution in [1.82, 2.24) is 15.1 Å². The molecule has 0 bridgehead atoms. The molecule has 0 radical (unpaired) electrons. The lowest BCUT2D eigenvalue weighted by Crippen LogP contribution is -2.47. The van der Waals surface area contributed by atoms with Crippen molar-refractivity contribution in [3.8, 4) is 5.75 Å². The number of nitrogens with one attached hydrogen (secondary N) is 1. The minimum atomic E-state index is -0.108. The first-order chi connectivity index (χ1) is 16.2. The van der Waals surface area contributed by atoms with E-state index in [2.05, 4.69) is 27.7 Å². The maximum atomic E-state index is 12.9. The van der Waals surface area contributed by atoms with E-state index < -0.39 is 0 Å². The highest BCUT2D eigenvalue weighted by atomic mass is 32.1. The van der Waals surface area contributed by atoms with Crippen LogP contribution in [0, 0.1) is 11.8 Å². The molecule has 2 fully saturated rings. The number of amides is 2. The summed E-state index contributed by atoms with van der Waals surface area (Å²) < 4.78 is 5.66. The van der Waals surface area contributed by atoms with Gasteiger partial charge >= 0.3 is 0 Å². The number of nitrogens with zero attached hydrogens (tertiary/aromatic N) is 2. The van der Waals surface area contributed by atoms with E-state index in [1.807, 2.05) is 46.6 Å². The third-order valence-electron chi connectivity index (χ3n) is 6.60. The third-order valence-corrected chi connectivity index (χ3v) is 7.46. The zero-order chi connectivity index (χ0) is 22.9. The third kappa shape index (κ3) is 7.30. The van der Waals surface area contributed by atoms with Gasteiger partial charge in [0, 0.05) is 37.6 Å². The number of ether oxygens (including phenoxy) is 1. The van der Waals surface area contributed by atoms with E-state index in [1.54, 1.807) is 0 Å². The Morgan fingerprint density at radius 3 is 2.70 bits per heavy atom. The van der Waals surface area contributed by atoms with Gasteiger partial charge in [0.15, 0.2) is 0 Å². The first-order valence-electron chi connectivity index (χ1n) is 12.2. The van der Waals surface area contributed by atoms with Crippen molar-refractivity contribution in [1.29, 1.82) is 0 Å². The molecule has 0 saturated carbocycles. The number of para-hydroxylation sites is 1. The molecule has 0 aliphatic carbocycles. The lowest BCUT2D eigenvalue weighted by Gasteiger charge is -2.34. The van der Waals surface area contributed by atoms with Crippen LogP contribution in [0.4, 0.5) is 0 Å². The number of rotatable bonds is 9. The summed E-state index contributed by atoms with van der Waals surface area (Å²) in [6.45, 7) is 5.52. The van der Waals surface area contributed by atoms with Crippen molar-refractivity contribution in [2.24, 2.45) is 11.8 Å². The molecular formula is C26H35N3O3S. The average Bonchev–Trinajstić information content (AvgIpc) is 3.36. The lowest BCUT2D eigenvalue weighted by atomic mass is 9.95. The van der Waals surface area contributed by atoms with E-state index in [1.165, 1.54) is 11.3 Å². The summed E-state index contributed by atoms with van der Waals surface area (Å²) in [6, 6.07) is 13.8. The minimum absolute atomic E-state index is 0.0694. The Kier molecular flexibility index (Phi) is 8.78. The molecule has 33 heavy (non-hydrogen) atoms. The molecule has 1 aromatic heterocycles. The van der Waals surface area contributed by atoms with Crippen molar-refractivity contribution < 1.29 is 14.3 Å². The molecule has 2 saturated heterocycles. The predicted molar refractivity (Wildman–Crippen MR) is 131 cm³/mol. The Bertz CT molecular complexity index is 874. The fraction of sp³-hybridized carbons (Fsp3) is 0.538. The molecule has 7 heteroatoms. The molecule has 1 N–H and O–H groups in total. The predicted octanol–water partition coefficient (Wildman–Crippen LogP) is 3.78. The van der Waals surface area contributed by atoms with Gasteiger partial charge in [-0.1, -0.05) is 24.3 Å². The first-order valence-corrected chi connectivity index (χ1v) is 13.0. The van der Waals surface area contributed by atoms with Gasteiger partial charge in [0.25, 0.3) is 0 Å². The van der Waals surface area contributed by atoms with Gasteiger partial charge in [-0.3, -0.25) is 14.5 Å². The number of thiophene rings is 1. The summed E-state index contributed by atoms with van der Waals surface area (Å²) in [6.07, 6.45) is 4.42. The maximum Gasteiger partial charge on any atom is 0.226 e. The number of likely N-dealkylation sites (tertiary alicyclic amines) is 2. The molecule has 2 unspecified atom stereocenters. The second-order valence-electron chi connectivity index (χ2n) is 9.16. The second-order valence-corrected chi connectivity index (χ2v) is 10.2. The standard InChI is InChI=1S/C26H35N3O3S/c30-25(12-15-32-23-9-2-1-3-10-23)29-14-5-8-22(19-29)26(31)27-17-21-7-4-13-28(18-21)20-24-11-6-16-33-24/h1-3,6,9-11,16,21-22H,4-5,7-8,12-15,17-20H2,(H,27,31). The van der Waals surface area contributed by atoms with E-state index in [0.29, 0.717) is 25.5 Å². The topological polar surface area (TPSA) is 61.9 Å². The molecule has 0 spiro atoms. The van der Waals surface area contributed by atoms with Crippen LogP contribution in [0.2, 0.25) is 0 Å². The van der Waals surface area contributed by atoms with E-state index >= 15 is 0 Å². The summed E-state index contributed by atoms with van der Waals surface area (Å²) >= 11 is 1.81. The number of piperidine rings is 2. The molecule has 2 aromatic rings. The van der Waals surface area contributed by atoms with Gasteiger partial charge in [-0.2, -0.15) is 0 Å². The molecule has 178 valence electrons. The number of carbonyl (C=O) groups is 2. The van der Waals surface area contributed by atoms with Crippen molar-refractivity contribution in [3.63, 3.8) is 0 Å². The summed E-state index contributed by atoms with van der Waals surface area (Å²) in [5, 5.41) is 5.33. The van der Waals surface area contributed by atoms with Gasteiger partial charge in [0.2, 0.25) is 11.8 Å². The number of benzene rings is 1. The molecule has 4 rings (SSSR count). The van der Waals surface area contributed by atoms with Crippen LogP contribution >= 0.6 is 11.3 Å². The zero-order valence-electron chi connectivity index (χ0n) is 19.3. The highest BCUT2D eigenvalue weighted by Crippen LogP contribution is 2.21. The molecule has 2 amide bonds.